The summed E-state index contributed by atoms with van der Waals surface area (Å²) in [6, 6.07) is 6.29. The van der Waals surface area contributed by atoms with Crippen LogP contribution in [0.15, 0.2) is 29.2 Å². The Morgan fingerprint density at radius 3 is 3.10 bits per heavy atom. The first-order valence-electron chi connectivity index (χ1n) is 6.97. The third-order valence-corrected chi connectivity index (χ3v) is 4.72. The molecule has 0 saturated carbocycles. The van der Waals surface area contributed by atoms with Crippen LogP contribution in [0.4, 0.5) is 0 Å². The minimum Gasteiger partial charge on any atom is -0.367 e. The summed E-state index contributed by atoms with van der Waals surface area (Å²) in [7, 11) is 0. The number of nitrogens with zero attached hydrogens (tertiary/aromatic N) is 1. The maximum absolute atomic E-state index is 11.5. The summed E-state index contributed by atoms with van der Waals surface area (Å²) in [5.41, 5.74) is 3.54. The molecule has 108 valence electrons. The van der Waals surface area contributed by atoms with Gasteiger partial charge in [-0.2, -0.15) is 0 Å². The summed E-state index contributed by atoms with van der Waals surface area (Å²) in [6.45, 7) is 0.766. The lowest BCUT2D eigenvalue weighted by atomic mass is 9.91. The molecule has 6 heteroatoms. The average molecular weight is 348 g/mol. The van der Waals surface area contributed by atoms with Gasteiger partial charge in [-0.15, -0.1) is 0 Å². The molecule has 1 aliphatic heterocycles. The summed E-state index contributed by atoms with van der Waals surface area (Å²) >= 11 is 3.53. The largest absolute Gasteiger partial charge is 0.367 e. The maximum Gasteiger partial charge on any atom is 0.323 e. The monoisotopic (exact) mass is 347 g/mol. The standard InChI is InChI=1S/C15H14BrN3O2/c16-13-6-9(3-4-21-13)8-1-2-11-10(5-8)14-12(7-17-11)18-15(20)19-14/h1-2,5,7,9,13H,3-4,6H2,(H2,18,19,20). The smallest absolute Gasteiger partial charge is 0.323 e. The van der Waals surface area contributed by atoms with Crippen molar-refractivity contribution in [1.29, 1.82) is 0 Å². The number of imidazole rings is 1. The third kappa shape index (κ3) is 2.28. The molecule has 0 spiro atoms. The second kappa shape index (κ2) is 4.96. The zero-order valence-corrected chi connectivity index (χ0v) is 12.8. The van der Waals surface area contributed by atoms with Crippen molar-refractivity contribution in [2.75, 3.05) is 6.61 Å². The Balaban J connectivity index is 1.87. The molecule has 0 amide bonds. The van der Waals surface area contributed by atoms with E-state index >= 15 is 0 Å². The van der Waals surface area contributed by atoms with Crippen LogP contribution in [-0.2, 0) is 4.74 Å². The molecule has 0 radical (unpaired) electrons. The number of ether oxygens (including phenoxy) is 1. The number of nitrogens with one attached hydrogen (secondary N) is 2. The fourth-order valence-electron chi connectivity index (χ4n) is 3.01. The number of rotatable bonds is 1. The van der Waals surface area contributed by atoms with Crippen LogP contribution in [-0.4, -0.2) is 26.6 Å². The van der Waals surface area contributed by atoms with Gasteiger partial charge in [0.2, 0.25) is 0 Å². The van der Waals surface area contributed by atoms with E-state index in [1.165, 1.54) is 5.56 Å². The Bertz CT molecular complexity index is 870. The third-order valence-electron chi connectivity index (χ3n) is 4.08. The minimum atomic E-state index is -0.198. The van der Waals surface area contributed by atoms with Crippen molar-refractivity contribution in [1.82, 2.24) is 15.0 Å². The number of aromatic nitrogens is 3. The lowest BCUT2D eigenvalue weighted by molar-refractivity contribution is 0.0662. The van der Waals surface area contributed by atoms with E-state index in [-0.39, 0.29) is 10.7 Å². The topological polar surface area (TPSA) is 70.8 Å². The first kappa shape index (κ1) is 13.0. The fraction of sp³-hybridized carbons (Fsp3) is 0.333. The molecule has 2 N–H and O–H groups in total. The van der Waals surface area contributed by atoms with E-state index in [1.54, 1.807) is 6.20 Å². The van der Waals surface area contributed by atoms with Crippen LogP contribution in [0.3, 0.4) is 0 Å². The molecule has 21 heavy (non-hydrogen) atoms. The summed E-state index contributed by atoms with van der Waals surface area (Å²) < 4.78 is 5.54. The highest BCUT2D eigenvalue weighted by Gasteiger charge is 2.22. The predicted octanol–water partition coefficient (Wildman–Crippen LogP) is 3.02. The van der Waals surface area contributed by atoms with E-state index in [2.05, 4.69) is 43.0 Å². The molecule has 4 rings (SSSR count). The van der Waals surface area contributed by atoms with Crippen LogP contribution in [0.25, 0.3) is 21.9 Å². The van der Waals surface area contributed by atoms with Gasteiger partial charge in [0.15, 0.2) is 0 Å². The molecule has 1 aliphatic rings. The van der Waals surface area contributed by atoms with Crippen LogP contribution in [0, 0.1) is 0 Å². The normalized spacial score (nSPS) is 22.9. The number of hydrogen-bond donors (Lipinski definition) is 2. The molecule has 0 bridgehead atoms. The van der Waals surface area contributed by atoms with Crippen molar-refractivity contribution in [3.8, 4) is 0 Å². The number of alkyl halides is 1. The van der Waals surface area contributed by atoms with Crippen molar-refractivity contribution in [2.24, 2.45) is 0 Å². The SMILES string of the molecule is O=c1[nH]c2cnc3ccc(C4CCOC(Br)C4)cc3c2[nH]1. The van der Waals surface area contributed by atoms with E-state index in [9.17, 15) is 4.79 Å². The molecule has 1 saturated heterocycles. The van der Waals surface area contributed by atoms with Gasteiger partial charge in [0.25, 0.3) is 0 Å². The number of pyridine rings is 1. The number of fused-ring (bicyclic) bond motifs is 3. The number of hydrogen-bond acceptors (Lipinski definition) is 3. The van der Waals surface area contributed by atoms with Crippen molar-refractivity contribution in [3.05, 3.63) is 40.4 Å². The Hall–Kier alpha value is -1.66. The van der Waals surface area contributed by atoms with Gasteiger partial charge in [-0.25, -0.2) is 4.79 Å². The summed E-state index contributed by atoms with van der Waals surface area (Å²) in [6.07, 6.45) is 3.66. The van der Waals surface area contributed by atoms with Gasteiger partial charge >= 0.3 is 5.69 Å². The van der Waals surface area contributed by atoms with Gasteiger partial charge in [0.1, 0.15) is 5.01 Å². The van der Waals surface area contributed by atoms with Gasteiger partial charge < -0.3 is 14.7 Å². The molecule has 1 aromatic carbocycles. The Labute approximate surface area is 128 Å². The summed E-state index contributed by atoms with van der Waals surface area (Å²) in [4.78, 5) is 21.5. The molecule has 3 heterocycles. The lowest BCUT2D eigenvalue weighted by Crippen LogP contribution is -2.19. The van der Waals surface area contributed by atoms with Gasteiger partial charge in [-0.3, -0.25) is 4.98 Å². The highest BCUT2D eigenvalue weighted by atomic mass is 79.9. The van der Waals surface area contributed by atoms with Gasteiger partial charge in [-0.05, 0) is 36.5 Å². The first-order chi connectivity index (χ1) is 10.2. The molecular formula is C15H14BrN3O2. The van der Waals surface area contributed by atoms with Crippen LogP contribution in [0.1, 0.15) is 24.3 Å². The molecule has 2 aromatic heterocycles. The molecule has 3 aromatic rings. The van der Waals surface area contributed by atoms with E-state index in [0.717, 1.165) is 41.4 Å². The van der Waals surface area contributed by atoms with Crippen molar-refractivity contribution >= 4 is 37.9 Å². The van der Waals surface area contributed by atoms with Crippen LogP contribution < -0.4 is 5.69 Å². The quantitative estimate of drug-likeness (QED) is 0.664. The minimum absolute atomic E-state index is 0.118. The number of aromatic amines is 2. The Morgan fingerprint density at radius 2 is 2.24 bits per heavy atom. The van der Waals surface area contributed by atoms with Crippen LogP contribution in [0.5, 0.6) is 0 Å². The highest BCUT2D eigenvalue weighted by Crippen LogP contribution is 2.34. The highest BCUT2D eigenvalue weighted by molar-refractivity contribution is 9.09. The van der Waals surface area contributed by atoms with E-state index in [0.29, 0.717) is 5.92 Å². The zero-order valence-electron chi connectivity index (χ0n) is 11.2. The molecule has 5 nitrogen and oxygen atoms in total. The zero-order chi connectivity index (χ0) is 14.4. The molecule has 2 unspecified atom stereocenters. The van der Waals surface area contributed by atoms with Crippen molar-refractivity contribution in [3.63, 3.8) is 0 Å². The Kier molecular flexibility index (Phi) is 3.08. The van der Waals surface area contributed by atoms with Gasteiger partial charge in [-0.1, -0.05) is 22.0 Å². The predicted molar refractivity (Wildman–Crippen MR) is 84.9 cm³/mol. The molecular weight excluding hydrogens is 334 g/mol. The average Bonchev–Trinajstić information content (AvgIpc) is 2.87. The second-order valence-corrected chi connectivity index (χ2v) is 6.43. The van der Waals surface area contributed by atoms with Crippen LogP contribution >= 0.6 is 15.9 Å². The summed E-state index contributed by atoms with van der Waals surface area (Å²) in [5.74, 6) is 0.466. The van der Waals surface area contributed by atoms with Crippen LogP contribution in [0.2, 0.25) is 0 Å². The molecule has 2 atom stereocenters. The fourth-order valence-corrected chi connectivity index (χ4v) is 3.65. The summed E-state index contributed by atoms with van der Waals surface area (Å²) in [5, 5.41) is 1.11. The Morgan fingerprint density at radius 1 is 1.33 bits per heavy atom. The second-order valence-electron chi connectivity index (χ2n) is 5.40. The molecule has 1 fully saturated rings. The van der Waals surface area contributed by atoms with Crippen molar-refractivity contribution in [2.45, 2.75) is 23.8 Å². The van der Waals surface area contributed by atoms with Gasteiger partial charge in [0.05, 0.1) is 22.7 Å². The van der Waals surface area contributed by atoms with E-state index in [1.807, 2.05) is 6.07 Å². The van der Waals surface area contributed by atoms with Crippen molar-refractivity contribution < 1.29 is 4.74 Å². The molecule has 0 aliphatic carbocycles. The first-order valence-corrected chi connectivity index (χ1v) is 7.88. The lowest BCUT2D eigenvalue weighted by Gasteiger charge is -2.26. The van der Waals surface area contributed by atoms with Gasteiger partial charge in [0, 0.05) is 12.0 Å². The maximum atomic E-state index is 11.5. The number of H-pyrrole nitrogens is 2. The van der Waals surface area contributed by atoms with E-state index in [4.69, 9.17) is 4.74 Å². The number of benzene rings is 1. The number of halogens is 1. The van der Waals surface area contributed by atoms with E-state index < -0.39 is 0 Å².